The Bertz CT molecular complexity index is 1330. The lowest BCUT2D eigenvalue weighted by Crippen LogP contribution is -2.23. The van der Waals surface area contributed by atoms with Gasteiger partial charge in [0, 0.05) is 30.7 Å². The Kier molecular flexibility index (Phi) is 6.24. The van der Waals surface area contributed by atoms with Crippen molar-refractivity contribution in [3.05, 3.63) is 66.1 Å². The zero-order chi connectivity index (χ0) is 23.5. The Morgan fingerprint density at radius 1 is 1.12 bits per heavy atom. The molecule has 0 spiro atoms. The van der Waals surface area contributed by atoms with Gasteiger partial charge in [-0.25, -0.2) is 9.97 Å². The van der Waals surface area contributed by atoms with E-state index in [2.05, 4.69) is 37.7 Å². The summed E-state index contributed by atoms with van der Waals surface area (Å²) in [6.07, 6.45) is 6.30. The molecule has 8 heteroatoms. The number of fused-ring (bicyclic) bond motifs is 2. The van der Waals surface area contributed by atoms with Crippen molar-refractivity contribution in [2.24, 2.45) is 0 Å². The van der Waals surface area contributed by atoms with E-state index in [0.29, 0.717) is 11.6 Å². The lowest BCUT2D eigenvalue weighted by atomic mass is 10.0. The second-order valence-corrected chi connectivity index (χ2v) is 8.53. The average molecular weight is 458 g/mol. The summed E-state index contributed by atoms with van der Waals surface area (Å²) in [7, 11) is 0. The molecule has 0 saturated carbocycles. The van der Waals surface area contributed by atoms with E-state index in [0.717, 1.165) is 47.4 Å². The molecule has 0 fully saturated rings. The number of rotatable bonds is 7. The molecule has 1 amide bonds. The van der Waals surface area contributed by atoms with Crippen LogP contribution in [-0.4, -0.2) is 40.1 Å². The number of hydrogen-bond acceptors (Lipinski definition) is 6. The van der Waals surface area contributed by atoms with E-state index in [1.54, 1.807) is 12.4 Å². The number of aromatic amines is 1. The number of carbonyl (C=O) groups excluding carboxylic acids is 1. The van der Waals surface area contributed by atoms with Crippen molar-refractivity contribution in [2.45, 2.75) is 32.9 Å². The maximum absolute atomic E-state index is 12.2. The van der Waals surface area contributed by atoms with Crippen LogP contribution in [0.25, 0.3) is 22.2 Å². The monoisotopic (exact) mass is 457 g/mol. The van der Waals surface area contributed by atoms with Crippen molar-refractivity contribution in [3.63, 3.8) is 0 Å². The van der Waals surface area contributed by atoms with Crippen LogP contribution in [0.5, 0.6) is 11.5 Å². The van der Waals surface area contributed by atoms with Crippen molar-refractivity contribution in [2.75, 3.05) is 18.5 Å². The molecular formula is C26H27N5O3. The van der Waals surface area contributed by atoms with Crippen molar-refractivity contribution >= 4 is 22.8 Å². The van der Waals surface area contributed by atoms with E-state index in [4.69, 9.17) is 9.47 Å². The number of nitrogens with one attached hydrogen (secondary N) is 3. The molecule has 0 radical (unpaired) electrons. The molecule has 5 rings (SSSR count). The van der Waals surface area contributed by atoms with Crippen LogP contribution in [0.2, 0.25) is 0 Å². The first-order valence-electron chi connectivity index (χ1n) is 11.4. The van der Waals surface area contributed by atoms with Gasteiger partial charge in [-0.15, -0.1) is 0 Å². The zero-order valence-corrected chi connectivity index (χ0v) is 19.2. The van der Waals surface area contributed by atoms with Gasteiger partial charge in [-0.1, -0.05) is 6.07 Å². The van der Waals surface area contributed by atoms with E-state index in [1.165, 1.54) is 11.1 Å². The van der Waals surface area contributed by atoms with Gasteiger partial charge in [-0.2, -0.15) is 0 Å². The summed E-state index contributed by atoms with van der Waals surface area (Å²) in [5.74, 6) is 1.70. The molecule has 0 atom stereocenters. The fourth-order valence-electron chi connectivity index (χ4n) is 4.07. The molecule has 0 bridgehead atoms. The maximum Gasteiger partial charge on any atom is 0.251 e. The highest BCUT2D eigenvalue weighted by Gasteiger charge is 2.16. The molecule has 1 aliphatic heterocycles. The molecule has 0 aliphatic carbocycles. The van der Waals surface area contributed by atoms with Crippen LogP contribution < -0.4 is 15.4 Å². The zero-order valence-electron chi connectivity index (χ0n) is 19.2. The van der Waals surface area contributed by atoms with Crippen LogP contribution in [0.4, 0.5) is 5.82 Å². The van der Waals surface area contributed by atoms with Gasteiger partial charge in [0.25, 0.3) is 5.91 Å². The largest absolute Gasteiger partial charge is 0.457 e. The van der Waals surface area contributed by atoms with E-state index in [1.807, 2.05) is 44.3 Å². The highest BCUT2D eigenvalue weighted by molar-refractivity contribution is 5.99. The van der Waals surface area contributed by atoms with E-state index < -0.39 is 0 Å². The Labute approximate surface area is 197 Å². The van der Waals surface area contributed by atoms with Crippen LogP contribution in [-0.2, 0) is 22.5 Å². The smallest absolute Gasteiger partial charge is 0.251 e. The molecule has 4 heterocycles. The minimum atomic E-state index is -0.245. The number of pyridine rings is 2. The minimum Gasteiger partial charge on any atom is -0.457 e. The first kappa shape index (κ1) is 22.1. The van der Waals surface area contributed by atoms with E-state index in [9.17, 15) is 4.79 Å². The van der Waals surface area contributed by atoms with Gasteiger partial charge in [-0.3, -0.25) is 4.79 Å². The van der Waals surface area contributed by atoms with Crippen molar-refractivity contribution in [1.82, 2.24) is 20.3 Å². The fourth-order valence-corrected chi connectivity index (χ4v) is 4.07. The first-order valence-corrected chi connectivity index (χ1v) is 11.4. The van der Waals surface area contributed by atoms with Crippen LogP contribution >= 0.6 is 0 Å². The third-order valence-corrected chi connectivity index (χ3v) is 5.71. The van der Waals surface area contributed by atoms with Gasteiger partial charge in [-0.05, 0) is 73.8 Å². The minimum absolute atomic E-state index is 0.0190. The van der Waals surface area contributed by atoms with Crippen LogP contribution in [0, 0.1) is 0 Å². The maximum atomic E-state index is 12.2. The number of anilines is 1. The number of carbonyl (C=O) groups is 1. The summed E-state index contributed by atoms with van der Waals surface area (Å²) in [6.45, 7) is 5.61. The average Bonchev–Trinajstić information content (AvgIpc) is 3.28. The van der Waals surface area contributed by atoms with Crippen LogP contribution in [0.1, 0.15) is 25.0 Å². The van der Waals surface area contributed by atoms with Crippen LogP contribution in [0.15, 0.2) is 55.0 Å². The summed E-state index contributed by atoms with van der Waals surface area (Å²) in [5.41, 5.74) is 5.14. The lowest BCUT2D eigenvalue weighted by molar-refractivity contribution is -0.121. The second-order valence-electron chi connectivity index (χ2n) is 8.53. The van der Waals surface area contributed by atoms with Gasteiger partial charge in [0.2, 0.25) is 0 Å². The molecule has 3 aromatic heterocycles. The van der Waals surface area contributed by atoms with Gasteiger partial charge in [0.1, 0.15) is 29.6 Å². The molecule has 0 unspecified atom stereocenters. The predicted molar refractivity (Wildman–Crippen MR) is 131 cm³/mol. The Morgan fingerprint density at radius 3 is 2.88 bits per heavy atom. The molecule has 1 aliphatic rings. The number of H-pyrrole nitrogens is 1. The highest BCUT2D eigenvalue weighted by atomic mass is 16.5. The second kappa shape index (κ2) is 9.62. The van der Waals surface area contributed by atoms with Gasteiger partial charge < -0.3 is 25.1 Å². The Hall–Kier alpha value is -3.75. The summed E-state index contributed by atoms with van der Waals surface area (Å²) < 4.78 is 11.7. The quantitative estimate of drug-likeness (QED) is 0.380. The molecule has 3 N–H and O–H groups in total. The SMILES string of the molecule is CC(C)OCC(=O)Nc1cc(-c2c[nH]c3nccc(Oc4ccc5c(c4)CNCC5)c23)ccn1. The van der Waals surface area contributed by atoms with E-state index >= 15 is 0 Å². The Morgan fingerprint density at radius 2 is 2.00 bits per heavy atom. The standard InChI is InChI=1S/C26H27N5O3/c1-16(2)33-15-24(32)31-23-12-18(6-9-28-23)21-14-30-26-25(21)22(7-10-29-26)34-20-4-3-17-5-8-27-13-19(17)11-20/h3-4,6-7,9-12,14,16,27H,5,8,13,15H2,1-2H3,(H,29,30)(H,28,31,32). The molecule has 4 aromatic rings. The third kappa shape index (κ3) is 4.78. The number of ether oxygens (including phenoxy) is 2. The molecular weight excluding hydrogens is 430 g/mol. The molecule has 8 nitrogen and oxygen atoms in total. The topological polar surface area (TPSA) is 101 Å². The number of aromatic nitrogens is 3. The Balaban J connectivity index is 1.44. The normalized spacial score (nSPS) is 13.1. The highest BCUT2D eigenvalue weighted by Crippen LogP contribution is 2.37. The number of hydrogen-bond donors (Lipinski definition) is 3. The van der Waals surface area contributed by atoms with Gasteiger partial charge in [0.05, 0.1) is 11.5 Å². The number of amides is 1. The fraction of sp³-hybridized carbons (Fsp3) is 0.269. The summed E-state index contributed by atoms with van der Waals surface area (Å²) in [6, 6.07) is 11.8. The van der Waals surface area contributed by atoms with Crippen molar-refractivity contribution in [1.29, 1.82) is 0 Å². The van der Waals surface area contributed by atoms with E-state index in [-0.39, 0.29) is 18.6 Å². The van der Waals surface area contributed by atoms with Crippen molar-refractivity contribution in [3.8, 4) is 22.6 Å². The van der Waals surface area contributed by atoms with Crippen LogP contribution in [0.3, 0.4) is 0 Å². The molecule has 34 heavy (non-hydrogen) atoms. The molecule has 1 aromatic carbocycles. The third-order valence-electron chi connectivity index (χ3n) is 5.71. The van der Waals surface area contributed by atoms with Gasteiger partial charge >= 0.3 is 0 Å². The first-order chi connectivity index (χ1) is 16.6. The number of benzene rings is 1. The molecule has 0 saturated heterocycles. The summed E-state index contributed by atoms with van der Waals surface area (Å²) >= 11 is 0. The summed E-state index contributed by atoms with van der Waals surface area (Å²) in [4.78, 5) is 24.1. The lowest BCUT2D eigenvalue weighted by Gasteiger charge is -2.18. The predicted octanol–water partition coefficient (Wildman–Crippen LogP) is 4.43. The number of nitrogens with zero attached hydrogens (tertiary/aromatic N) is 2. The molecule has 174 valence electrons. The summed E-state index contributed by atoms with van der Waals surface area (Å²) in [5, 5.41) is 7.06. The van der Waals surface area contributed by atoms with Crippen molar-refractivity contribution < 1.29 is 14.3 Å². The van der Waals surface area contributed by atoms with Gasteiger partial charge in [0.15, 0.2) is 0 Å².